The molecule has 0 aliphatic heterocycles. The Labute approximate surface area is 123 Å². The van der Waals surface area contributed by atoms with Gasteiger partial charge in [0.15, 0.2) is 0 Å². The zero-order valence-electron chi connectivity index (χ0n) is 11.3. The second-order valence-corrected chi connectivity index (χ2v) is 4.91. The lowest BCUT2D eigenvalue weighted by atomic mass is 10.2. The molecular weight excluding hydrogens is 277 g/mol. The molecule has 0 unspecified atom stereocenters. The number of hydrogen-bond donors (Lipinski definition) is 1. The molecule has 0 spiro atoms. The lowest BCUT2D eigenvalue weighted by Gasteiger charge is -2.09. The van der Waals surface area contributed by atoms with E-state index in [2.05, 4.69) is 12.2 Å². The van der Waals surface area contributed by atoms with Crippen molar-refractivity contribution in [3.63, 3.8) is 0 Å². The zero-order valence-corrected chi connectivity index (χ0v) is 12.1. The third-order valence-electron chi connectivity index (χ3n) is 2.81. The Hall–Kier alpha value is -1.74. The fourth-order valence-corrected chi connectivity index (χ4v) is 1.91. The second kappa shape index (κ2) is 7.15. The fourth-order valence-electron chi connectivity index (χ4n) is 1.75. The van der Waals surface area contributed by atoms with Gasteiger partial charge in [-0.25, -0.2) is 4.39 Å². The van der Waals surface area contributed by atoms with Gasteiger partial charge in [0.2, 0.25) is 0 Å². The van der Waals surface area contributed by atoms with Crippen LogP contribution >= 0.6 is 11.6 Å². The highest BCUT2D eigenvalue weighted by Crippen LogP contribution is 2.20. The molecule has 4 heteroatoms. The Kier molecular flexibility index (Phi) is 5.24. The van der Waals surface area contributed by atoms with Crippen molar-refractivity contribution in [2.24, 2.45) is 0 Å². The summed E-state index contributed by atoms with van der Waals surface area (Å²) in [5.41, 5.74) is 1.50. The van der Waals surface area contributed by atoms with Gasteiger partial charge in [-0.3, -0.25) is 0 Å². The monoisotopic (exact) mass is 293 g/mol. The Bertz CT molecular complexity index is 557. The van der Waals surface area contributed by atoms with Crippen molar-refractivity contribution < 1.29 is 9.13 Å². The van der Waals surface area contributed by atoms with Crippen molar-refractivity contribution in [2.75, 3.05) is 11.9 Å². The van der Waals surface area contributed by atoms with E-state index in [1.54, 1.807) is 12.1 Å². The molecular formula is C16H17ClFNO. The highest BCUT2D eigenvalue weighted by molar-refractivity contribution is 6.30. The van der Waals surface area contributed by atoms with Crippen molar-refractivity contribution in [3.05, 3.63) is 58.9 Å². The molecule has 0 amide bonds. The number of rotatable bonds is 6. The van der Waals surface area contributed by atoms with Crippen LogP contribution in [0.15, 0.2) is 42.5 Å². The molecule has 1 N–H and O–H groups in total. The molecule has 0 aliphatic rings. The smallest absolute Gasteiger partial charge is 0.147 e. The standard InChI is InChI=1S/C16H17ClFNO/c1-2-9-20-14-6-3-12(4-7-14)11-19-16-8-5-13(17)10-15(16)18/h3-8,10,19H,2,9,11H2,1H3. The van der Waals surface area contributed by atoms with Crippen LogP contribution in [0.2, 0.25) is 5.02 Å². The van der Waals surface area contributed by atoms with Crippen LogP contribution in [0, 0.1) is 5.82 Å². The molecule has 0 saturated carbocycles. The van der Waals surface area contributed by atoms with Crippen LogP contribution < -0.4 is 10.1 Å². The van der Waals surface area contributed by atoms with E-state index in [0.717, 1.165) is 17.7 Å². The molecule has 0 saturated heterocycles. The summed E-state index contributed by atoms with van der Waals surface area (Å²) in [6.07, 6.45) is 0.985. The van der Waals surface area contributed by atoms with E-state index in [1.807, 2.05) is 24.3 Å². The minimum atomic E-state index is -0.347. The van der Waals surface area contributed by atoms with Crippen molar-refractivity contribution in [1.82, 2.24) is 0 Å². The minimum absolute atomic E-state index is 0.347. The molecule has 0 radical (unpaired) electrons. The molecule has 0 aliphatic carbocycles. The first kappa shape index (κ1) is 14.7. The first-order chi connectivity index (χ1) is 9.69. The summed E-state index contributed by atoms with van der Waals surface area (Å²) in [7, 11) is 0. The molecule has 20 heavy (non-hydrogen) atoms. The van der Waals surface area contributed by atoms with Crippen molar-refractivity contribution >= 4 is 17.3 Å². The van der Waals surface area contributed by atoms with E-state index in [4.69, 9.17) is 16.3 Å². The quantitative estimate of drug-likeness (QED) is 0.819. The Balaban J connectivity index is 1.93. The summed E-state index contributed by atoms with van der Waals surface area (Å²) in [5, 5.41) is 3.44. The highest BCUT2D eigenvalue weighted by Gasteiger charge is 2.02. The molecule has 0 aromatic heterocycles. The molecule has 2 rings (SSSR count). The number of benzene rings is 2. The second-order valence-electron chi connectivity index (χ2n) is 4.47. The summed E-state index contributed by atoms with van der Waals surface area (Å²) >= 11 is 5.71. The highest BCUT2D eigenvalue weighted by atomic mass is 35.5. The average Bonchev–Trinajstić information content (AvgIpc) is 2.45. The fraction of sp³-hybridized carbons (Fsp3) is 0.250. The van der Waals surface area contributed by atoms with E-state index in [1.165, 1.54) is 6.07 Å². The van der Waals surface area contributed by atoms with Crippen LogP contribution in [0.5, 0.6) is 5.75 Å². The average molecular weight is 294 g/mol. The zero-order chi connectivity index (χ0) is 14.4. The molecule has 0 atom stereocenters. The predicted molar refractivity (Wildman–Crippen MR) is 81.0 cm³/mol. The maximum atomic E-state index is 13.6. The van der Waals surface area contributed by atoms with E-state index in [0.29, 0.717) is 23.9 Å². The lowest BCUT2D eigenvalue weighted by molar-refractivity contribution is 0.317. The summed E-state index contributed by atoms with van der Waals surface area (Å²) in [4.78, 5) is 0. The summed E-state index contributed by atoms with van der Waals surface area (Å²) < 4.78 is 19.1. The van der Waals surface area contributed by atoms with Crippen LogP contribution in [0.1, 0.15) is 18.9 Å². The molecule has 0 fully saturated rings. The van der Waals surface area contributed by atoms with Crippen LogP contribution in [0.3, 0.4) is 0 Å². The molecule has 0 heterocycles. The molecule has 0 bridgehead atoms. The number of halogens is 2. The van der Waals surface area contributed by atoms with E-state index in [-0.39, 0.29) is 5.82 Å². The lowest BCUT2D eigenvalue weighted by Crippen LogP contribution is -2.01. The van der Waals surface area contributed by atoms with Crippen LogP contribution in [0.4, 0.5) is 10.1 Å². The van der Waals surface area contributed by atoms with Gasteiger partial charge in [-0.1, -0.05) is 30.7 Å². The van der Waals surface area contributed by atoms with Gasteiger partial charge in [-0.15, -0.1) is 0 Å². The molecule has 106 valence electrons. The van der Waals surface area contributed by atoms with Crippen molar-refractivity contribution in [2.45, 2.75) is 19.9 Å². The number of ether oxygens (including phenoxy) is 1. The Morgan fingerprint density at radius 3 is 2.55 bits per heavy atom. The van der Waals surface area contributed by atoms with Gasteiger partial charge < -0.3 is 10.1 Å². The maximum Gasteiger partial charge on any atom is 0.147 e. The number of anilines is 1. The van der Waals surface area contributed by atoms with Gasteiger partial charge >= 0.3 is 0 Å². The van der Waals surface area contributed by atoms with Crippen molar-refractivity contribution in [3.8, 4) is 5.75 Å². The van der Waals surface area contributed by atoms with E-state index >= 15 is 0 Å². The summed E-state index contributed by atoms with van der Waals surface area (Å²) in [5.74, 6) is 0.508. The van der Waals surface area contributed by atoms with Crippen LogP contribution in [0.25, 0.3) is 0 Å². The SMILES string of the molecule is CCCOc1ccc(CNc2ccc(Cl)cc2F)cc1. The topological polar surface area (TPSA) is 21.3 Å². The predicted octanol–water partition coefficient (Wildman–Crippen LogP) is 4.88. The summed E-state index contributed by atoms with van der Waals surface area (Å²) in [6.45, 7) is 3.33. The largest absolute Gasteiger partial charge is 0.494 e. The Morgan fingerprint density at radius 1 is 1.15 bits per heavy atom. The van der Waals surface area contributed by atoms with Crippen LogP contribution in [-0.2, 0) is 6.54 Å². The third kappa shape index (κ3) is 4.14. The first-order valence-corrected chi connectivity index (χ1v) is 6.97. The van der Waals surface area contributed by atoms with E-state index < -0.39 is 0 Å². The van der Waals surface area contributed by atoms with E-state index in [9.17, 15) is 4.39 Å². The van der Waals surface area contributed by atoms with Gasteiger partial charge in [-0.05, 0) is 42.3 Å². The number of hydrogen-bond acceptors (Lipinski definition) is 2. The van der Waals surface area contributed by atoms with Crippen molar-refractivity contribution in [1.29, 1.82) is 0 Å². The third-order valence-corrected chi connectivity index (χ3v) is 3.05. The van der Waals surface area contributed by atoms with Crippen LogP contribution in [-0.4, -0.2) is 6.61 Å². The van der Waals surface area contributed by atoms with Gasteiger partial charge in [0.1, 0.15) is 11.6 Å². The first-order valence-electron chi connectivity index (χ1n) is 6.59. The van der Waals surface area contributed by atoms with Gasteiger partial charge in [-0.2, -0.15) is 0 Å². The minimum Gasteiger partial charge on any atom is -0.494 e. The van der Waals surface area contributed by atoms with Gasteiger partial charge in [0, 0.05) is 11.6 Å². The van der Waals surface area contributed by atoms with Gasteiger partial charge in [0.05, 0.1) is 12.3 Å². The normalized spacial score (nSPS) is 10.3. The number of nitrogens with one attached hydrogen (secondary N) is 1. The van der Waals surface area contributed by atoms with Gasteiger partial charge in [0.25, 0.3) is 0 Å². The Morgan fingerprint density at radius 2 is 1.90 bits per heavy atom. The molecule has 2 aromatic rings. The summed E-state index contributed by atoms with van der Waals surface area (Å²) in [6, 6.07) is 12.4. The molecule has 2 nitrogen and oxygen atoms in total. The maximum absolute atomic E-state index is 13.6. The molecule has 2 aromatic carbocycles.